The highest BCUT2D eigenvalue weighted by molar-refractivity contribution is 5.98. The second kappa shape index (κ2) is 7.29. The van der Waals surface area contributed by atoms with Crippen LogP contribution in [0.1, 0.15) is 44.9 Å². The van der Waals surface area contributed by atoms with Crippen LogP contribution in [0.5, 0.6) is 0 Å². The van der Waals surface area contributed by atoms with Crippen LogP contribution >= 0.6 is 0 Å². The highest BCUT2D eigenvalue weighted by Gasteiger charge is 2.48. The molecule has 27 heavy (non-hydrogen) atoms. The summed E-state index contributed by atoms with van der Waals surface area (Å²) in [6.07, 6.45) is 5.44. The van der Waals surface area contributed by atoms with E-state index >= 15 is 0 Å². The fourth-order valence-corrected chi connectivity index (χ4v) is 4.22. The maximum Gasteiger partial charge on any atom is 0.243 e. The van der Waals surface area contributed by atoms with Gasteiger partial charge in [0.2, 0.25) is 17.7 Å². The number of rotatable bonds is 4. The van der Waals surface area contributed by atoms with Crippen LogP contribution in [-0.4, -0.2) is 40.7 Å². The molecule has 0 bridgehead atoms. The highest BCUT2D eigenvalue weighted by atomic mass is 19.1. The van der Waals surface area contributed by atoms with Gasteiger partial charge in [-0.05, 0) is 49.9 Å². The van der Waals surface area contributed by atoms with Crippen LogP contribution in [-0.2, 0) is 14.4 Å². The summed E-state index contributed by atoms with van der Waals surface area (Å²) in [5, 5.41) is 5.72. The Balaban J connectivity index is 1.51. The Kier molecular flexibility index (Phi) is 4.85. The summed E-state index contributed by atoms with van der Waals surface area (Å²) in [4.78, 5) is 39.8. The van der Waals surface area contributed by atoms with Crippen molar-refractivity contribution in [2.75, 3.05) is 5.32 Å². The minimum absolute atomic E-state index is 0.00105. The Morgan fingerprint density at radius 2 is 1.81 bits per heavy atom. The maximum absolute atomic E-state index is 13.0. The maximum atomic E-state index is 13.0. The van der Waals surface area contributed by atoms with Crippen molar-refractivity contribution in [1.82, 2.24) is 10.2 Å². The first kappa shape index (κ1) is 17.9. The van der Waals surface area contributed by atoms with Gasteiger partial charge in [-0.25, -0.2) is 4.39 Å². The first-order valence-electron chi connectivity index (χ1n) is 9.71. The standard InChI is InChI=1S/C20H24FN3O3/c21-13-7-9-14(10-8-13)22-18(25)11-17-19(26)23-15-3-1-2-4-16(15)24(17)20(27)12-5-6-12/h7-10,12,15-17H,1-6,11H2,(H,22,25)(H,23,26)/t15-,16+,17+/m1/s1. The summed E-state index contributed by atoms with van der Waals surface area (Å²) in [6, 6.07) is 4.66. The van der Waals surface area contributed by atoms with Crippen LogP contribution in [0.2, 0.25) is 0 Å². The molecule has 1 aromatic carbocycles. The van der Waals surface area contributed by atoms with E-state index in [0.717, 1.165) is 38.5 Å². The Bertz CT molecular complexity index is 747. The second-order valence-electron chi connectivity index (χ2n) is 7.76. The van der Waals surface area contributed by atoms with Crippen molar-refractivity contribution in [1.29, 1.82) is 0 Å². The topological polar surface area (TPSA) is 78.5 Å². The van der Waals surface area contributed by atoms with Gasteiger partial charge in [-0.3, -0.25) is 14.4 Å². The summed E-state index contributed by atoms with van der Waals surface area (Å²) < 4.78 is 13.0. The molecular formula is C20H24FN3O3. The van der Waals surface area contributed by atoms with Gasteiger partial charge in [0, 0.05) is 17.6 Å². The van der Waals surface area contributed by atoms with E-state index in [9.17, 15) is 18.8 Å². The summed E-state index contributed by atoms with van der Waals surface area (Å²) in [7, 11) is 0. The minimum Gasteiger partial charge on any atom is -0.349 e. The number of nitrogens with zero attached hydrogens (tertiary/aromatic N) is 1. The molecule has 0 unspecified atom stereocenters. The molecule has 3 aliphatic rings. The molecule has 6 nitrogen and oxygen atoms in total. The Morgan fingerprint density at radius 1 is 1.11 bits per heavy atom. The number of hydrogen-bond acceptors (Lipinski definition) is 3. The molecule has 1 saturated heterocycles. The molecule has 2 saturated carbocycles. The molecule has 144 valence electrons. The molecule has 1 aliphatic heterocycles. The zero-order valence-corrected chi connectivity index (χ0v) is 15.1. The van der Waals surface area contributed by atoms with E-state index in [0.29, 0.717) is 5.69 Å². The van der Waals surface area contributed by atoms with E-state index in [4.69, 9.17) is 0 Å². The third kappa shape index (κ3) is 3.82. The van der Waals surface area contributed by atoms with Crippen molar-refractivity contribution in [2.45, 2.75) is 63.1 Å². The molecule has 1 aromatic rings. The summed E-state index contributed by atoms with van der Waals surface area (Å²) >= 11 is 0. The molecule has 0 aromatic heterocycles. The van der Waals surface area contributed by atoms with E-state index in [-0.39, 0.29) is 48.0 Å². The number of anilines is 1. The second-order valence-corrected chi connectivity index (χ2v) is 7.76. The number of piperazine rings is 1. The van der Waals surface area contributed by atoms with Gasteiger partial charge >= 0.3 is 0 Å². The van der Waals surface area contributed by atoms with Crippen molar-refractivity contribution in [3.63, 3.8) is 0 Å². The zero-order chi connectivity index (χ0) is 19.0. The van der Waals surface area contributed by atoms with Crippen molar-refractivity contribution in [2.24, 2.45) is 5.92 Å². The predicted octanol–water partition coefficient (Wildman–Crippen LogP) is 2.20. The SMILES string of the molecule is O=C(C[C@H]1C(=O)N[C@@H]2CCCC[C@@H]2N1C(=O)C1CC1)Nc1ccc(F)cc1. The summed E-state index contributed by atoms with van der Waals surface area (Å²) in [5.41, 5.74) is 0.466. The van der Waals surface area contributed by atoms with Crippen LogP contribution in [0, 0.1) is 11.7 Å². The average Bonchev–Trinajstić information content (AvgIpc) is 3.49. The lowest BCUT2D eigenvalue weighted by Crippen LogP contribution is -2.68. The molecule has 0 spiro atoms. The number of fused-ring (bicyclic) bond motifs is 1. The molecule has 3 fully saturated rings. The largest absolute Gasteiger partial charge is 0.349 e. The third-order valence-corrected chi connectivity index (χ3v) is 5.74. The van der Waals surface area contributed by atoms with E-state index < -0.39 is 6.04 Å². The molecule has 4 rings (SSSR count). The van der Waals surface area contributed by atoms with E-state index in [1.54, 1.807) is 4.90 Å². The Hall–Kier alpha value is -2.44. The zero-order valence-electron chi connectivity index (χ0n) is 15.1. The molecule has 7 heteroatoms. The molecule has 3 amide bonds. The van der Waals surface area contributed by atoms with Crippen LogP contribution < -0.4 is 10.6 Å². The Morgan fingerprint density at radius 3 is 2.52 bits per heavy atom. The van der Waals surface area contributed by atoms with Crippen LogP contribution in [0.15, 0.2) is 24.3 Å². The van der Waals surface area contributed by atoms with E-state index in [1.165, 1.54) is 24.3 Å². The summed E-state index contributed by atoms with van der Waals surface area (Å²) in [6.45, 7) is 0. The number of carbonyl (C=O) groups is 3. The number of nitrogens with one attached hydrogen (secondary N) is 2. The predicted molar refractivity (Wildman–Crippen MR) is 97.2 cm³/mol. The first-order chi connectivity index (χ1) is 13.0. The number of carbonyl (C=O) groups excluding carboxylic acids is 3. The van der Waals surface area contributed by atoms with Crippen molar-refractivity contribution >= 4 is 23.4 Å². The molecular weight excluding hydrogens is 349 g/mol. The molecule has 3 atom stereocenters. The lowest BCUT2D eigenvalue weighted by molar-refractivity contribution is -0.152. The lowest BCUT2D eigenvalue weighted by Gasteiger charge is -2.48. The highest BCUT2D eigenvalue weighted by Crippen LogP contribution is 2.37. The number of hydrogen-bond donors (Lipinski definition) is 2. The van der Waals surface area contributed by atoms with Gasteiger partial charge in [0.05, 0.1) is 12.5 Å². The van der Waals surface area contributed by atoms with E-state index in [1.807, 2.05) is 0 Å². The summed E-state index contributed by atoms with van der Waals surface area (Å²) in [5.74, 6) is -0.974. The van der Waals surface area contributed by atoms with Crippen molar-refractivity contribution in [3.05, 3.63) is 30.1 Å². The quantitative estimate of drug-likeness (QED) is 0.849. The number of halogens is 1. The smallest absolute Gasteiger partial charge is 0.243 e. The fraction of sp³-hybridized carbons (Fsp3) is 0.550. The van der Waals surface area contributed by atoms with Crippen LogP contribution in [0.4, 0.5) is 10.1 Å². The van der Waals surface area contributed by atoms with Gasteiger partial charge in [-0.15, -0.1) is 0 Å². The van der Waals surface area contributed by atoms with Crippen molar-refractivity contribution in [3.8, 4) is 0 Å². The van der Waals surface area contributed by atoms with Crippen molar-refractivity contribution < 1.29 is 18.8 Å². The lowest BCUT2D eigenvalue weighted by atomic mass is 9.85. The third-order valence-electron chi connectivity index (χ3n) is 5.74. The van der Waals surface area contributed by atoms with Gasteiger partial charge in [-0.1, -0.05) is 12.8 Å². The Labute approximate surface area is 157 Å². The van der Waals surface area contributed by atoms with Crippen LogP contribution in [0.3, 0.4) is 0 Å². The fourth-order valence-electron chi connectivity index (χ4n) is 4.22. The monoisotopic (exact) mass is 373 g/mol. The van der Waals surface area contributed by atoms with Gasteiger partial charge in [0.15, 0.2) is 0 Å². The van der Waals surface area contributed by atoms with Gasteiger partial charge < -0.3 is 15.5 Å². The van der Waals surface area contributed by atoms with Gasteiger partial charge in [0.25, 0.3) is 0 Å². The normalized spacial score (nSPS) is 27.5. The van der Waals surface area contributed by atoms with Gasteiger partial charge in [0.1, 0.15) is 11.9 Å². The molecule has 2 aliphatic carbocycles. The van der Waals surface area contributed by atoms with Gasteiger partial charge in [-0.2, -0.15) is 0 Å². The number of benzene rings is 1. The average molecular weight is 373 g/mol. The first-order valence-corrected chi connectivity index (χ1v) is 9.71. The van der Waals surface area contributed by atoms with E-state index in [2.05, 4.69) is 10.6 Å². The minimum atomic E-state index is -0.780. The molecule has 0 radical (unpaired) electrons. The molecule has 1 heterocycles. The number of amides is 3. The molecule has 2 N–H and O–H groups in total. The van der Waals surface area contributed by atoms with Crippen LogP contribution in [0.25, 0.3) is 0 Å².